The van der Waals surface area contributed by atoms with Gasteiger partial charge in [0.05, 0.1) is 41.3 Å². The van der Waals surface area contributed by atoms with Crippen molar-refractivity contribution in [3.63, 3.8) is 0 Å². The van der Waals surface area contributed by atoms with E-state index in [9.17, 15) is 22.0 Å². The molecule has 1 aliphatic carbocycles. The van der Waals surface area contributed by atoms with Crippen LogP contribution in [0, 0.1) is 11.7 Å². The molecule has 2 aliphatic rings. The molecule has 1 aliphatic heterocycles. The minimum atomic E-state index is -2.98. The first kappa shape index (κ1) is 25.7. The Morgan fingerprint density at radius 1 is 1.11 bits per heavy atom. The predicted molar refractivity (Wildman–Crippen MR) is 139 cm³/mol. The number of thiazole rings is 1. The minimum Gasteiger partial charge on any atom is -0.469 e. The zero-order chi connectivity index (χ0) is 26.2. The van der Waals surface area contributed by atoms with E-state index in [1.165, 1.54) is 24.5 Å². The number of alkyl halides is 1. The topological polar surface area (TPSA) is 89.5 Å². The zero-order valence-corrected chi connectivity index (χ0v) is 21.9. The molecular formula is C26H27F2N3O4S2. The Labute approximate surface area is 218 Å². The third-order valence-electron chi connectivity index (χ3n) is 7.09. The molecule has 1 saturated heterocycles. The summed E-state index contributed by atoms with van der Waals surface area (Å²) in [5.41, 5.74) is 2.98. The van der Waals surface area contributed by atoms with E-state index in [1.807, 2.05) is 29.2 Å². The van der Waals surface area contributed by atoms with Crippen LogP contribution in [0.1, 0.15) is 30.9 Å². The van der Waals surface area contributed by atoms with Gasteiger partial charge in [-0.2, -0.15) is 0 Å². The van der Waals surface area contributed by atoms with E-state index >= 15 is 0 Å². The maximum Gasteiger partial charge on any atom is 0.309 e. The second kappa shape index (κ2) is 10.4. The van der Waals surface area contributed by atoms with Gasteiger partial charge in [0.2, 0.25) is 0 Å². The highest BCUT2D eigenvalue weighted by molar-refractivity contribution is 7.91. The van der Waals surface area contributed by atoms with Crippen LogP contribution in [-0.2, 0) is 19.4 Å². The van der Waals surface area contributed by atoms with Crippen LogP contribution in [0.3, 0.4) is 0 Å². The van der Waals surface area contributed by atoms with Gasteiger partial charge in [-0.15, -0.1) is 11.3 Å². The quantitative estimate of drug-likeness (QED) is 0.430. The van der Waals surface area contributed by atoms with E-state index in [-0.39, 0.29) is 23.8 Å². The first-order chi connectivity index (χ1) is 17.7. The van der Waals surface area contributed by atoms with Crippen molar-refractivity contribution in [1.82, 2.24) is 9.97 Å². The summed E-state index contributed by atoms with van der Waals surface area (Å²) in [6.45, 7) is 0.884. The fourth-order valence-electron chi connectivity index (χ4n) is 5.09. The second-order valence-corrected chi connectivity index (χ2v) is 12.8. The van der Waals surface area contributed by atoms with Gasteiger partial charge < -0.3 is 9.64 Å². The number of carbonyl (C=O) groups is 1. The van der Waals surface area contributed by atoms with Gasteiger partial charge in [0, 0.05) is 36.5 Å². The summed E-state index contributed by atoms with van der Waals surface area (Å²) in [6.07, 6.45) is 2.42. The number of aromatic nitrogens is 2. The van der Waals surface area contributed by atoms with Crippen molar-refractivity contribution in [1.29, 1.82) is 0 Å². The SMILES string of the molecule is COC(=O)[C@@H]1C[C@@H](F)CC[C@H]1c1nc(-c2cncc(F)c2)sc1-c1ccc(N2CCS(=O)(=O)CC2)cc1. The number of esters is 1. The van der Waals surface area contributed by atoms with Crippen molar-refractivity contribution in [3.8, 4) is 21.0 Å². The molecule has 2 aromatic heterocycles. The lowest BCUT2D eigenvalue weighted by molar-refractivity contribution is -0.148. The molecular weight excluding hydrogens is 520 g/mol. The third kappa shape index (κ3) is 5.52. The summed E-state index contributed by atoms with van der Waals surface area (Å²) in [7, 11) is -1.68. The van der Waals surface area contributed by atoms with Crippen LogP contribution in [0.4, 0.5) is 14.5 Å². The number of anilines is 1. The number of ether oxygens (including phenoxy) is 1. The number of rotatable bonds is 5. The molecule has 0 bridgehead atoms. The van der Waals surface area contributed by atoms with Gasteiger partial charge in [0.25, 0.3) is 0 Å². The number of hydrogen-bond acceptors (Lipinski definition) is 8. The molecule has 3 aromatic rings. The summed E-state index contributed by atoms with van der Waals surface area (Å²) in [5.74, 6) is -1.68. The number of methoxy groups -OCH3 is 1. The van der Waals surface area contributed by atoms with E-state index in [2.05, 4.69) is 4.98 Å². The summed E-state index contributed by atoms with van der Waals surface area (Å²) in [5, 5.41) is 0.563. The average Bonchev–Trinajstić information content (AvgIpc) is 3.34. The van der Waals surface area contributed by atoms with Crippen molar-refractivity contribution in [3.05, 3.63) is 54.2 Å². The van der Waals surface area contributed by atoms with Crippen LogP contribution in [0.5, 0.6) is 0 Å². The van der Waals surface area contributed by atoms with Crippen LogP contribution in [0.25, 0.3) is 21.0 Å². The number of hydrogen-bond donors (Lipinski definition) is 0. The maximum atomic E-state index is 14.3. The molecule has 0 spiro atoms. The molecule has 2 fully saturated rings. The lowest BCUT2D eigenvalue weighted by Crippen LogP contribution is -2.40. The van der Waals surface area contributed by atoms with E-state index in [0.29, 0.717) is 42.2 Å². The smallest absolute Gasteiger partial charge is 0.309 e. The van der Waals surface area contributed by atoms with Crippen LogP contribution in [0.2, 0.25) is 0 Å². The van der Waals surface area contributed by atoms with Gasteiger partial charge >= 0.3 is 5.97 Å². The number of pyridine rings is 1. The molecule has 1 aromatic carbocycles. The van der Waals surface area contributed by atoms with Crippen molar-refractivity contribution in [2.24, 2.45) is 5.92 Å². The van der Waals surface area contributed by atoms with Gasteiger partial charge in [-0.3, -0.25) is 9.78 Å². The van der Waals surface area contributed by atoms with Gasteiger partial charge in [-0.1, -0.05) is 12.1 Å². The molecule has 11 heteroatoms. The standard InChI is InChI=1S/C26H27F2N3O4S2/c1-35-26(32)22-13-18(27)4-7-21(22)23-24(36-25(30-23)17-12-19(28)15-29-14-17)16-2-5-20(6-3-16)31-8-10-37(33,34)11-9-31/h2-3,5-6,12,14-15,18,21-22H,4,7-11,13H2,1H3/t18-,21+,22+/m0/s1. The van der Waals surface area contributed by atoms with Crippen LogP contribution < -0.4 is 4.90 Å². The highest BCUT2D eigenvalue weighted by atomic mass is 32.2. The van der Waals surface area contributed by atoms with Gasteiger partial charge in [-0.05, 0) is 43.0 Å². The molecule has 0 N–H and O–H groups in total. The number of sulfone groups is 1. The van der Waals surface area contributed by atoms with Crippen LogP contribution >= 0.6 is 11.3 Å². The molecule has 0 radical (unpaired) electrons. The number of nitrogens with zero attached hydrogens (tertiary/aromatic N) is 3. The van der Waals surface area contributed by atoms with Gasteiger partial charge in [-0.25, -0.2) is 22.2 Å². The minimum absolute atomic E-state index is 0.0714. The molecule has 5 rings (SSSR count). The fourth-order valence-corrected chi connectivity index (χ4v) is 7.42. The Kier molecular flexibility index (Phi) is 7.26. The van der Waals surface area contributed by atoms with Crippen LogP contribution in [-0.4, -0.2) is 62.2 Å². The summed E-state index contributed by atoms with van der Waals surface area (Å²) in [4.78, 5) is 24.3. The highest BCUT2D eigenvalue weighted by Crippen LogP contribution is 2.46. The third-order valence-corrected chi connectivity index (χ3v) is 9.86. The number of halogens is 2. The maximum absolute atomic E-state index is 14.3. The summed E-state index contributed by atoms with van der Waals surface area (Å²) in [6, 6.07) is 9.13. The zero-order valence-electron chi connectivity index (χ0n) is 20.3. The lowest BCUT2D eigenvalue weighted by Gasteiger charge is -2.31. The fraction of sp³-hybridized carbons (Fsp3) is 0.423. The molecule has 3 heterocycles. The molecule has 37 heavy (non-hydrogen) atoms. The van der Waals surface area contributed by atoms with Crippen molar-refractivity contribution < 1.29 is 26.7 Å². The van der Waals surface area contributed by atoms with E-state index in [4.69, 9.17) is 9.72 Å². The predicted octanol–water partition coefficient (Wildman–Crippen LogP) is 4.64. The van der Waals surface area contributed by atoms with E-state index in [1.54, 1.807) is 6.20 Å². The molecule has 1 saturated carbocycles. The monoisotopic (exact) mass is 547 g/mol. The first-order valence-corrected chi connectivity index (χ1v) is 14.8. The van der Waals surface area contributed by atoms with Gasteiger partial charge in [0.15, 0.2) is 9.84 Å². The van der Waals surface area contributed by atoms with Gasteiger partial charge in [0.1, 0.15) is 17.0 Å². The van der Waals surface area contributed by atoms with Crippen molar-refractivity contribution in [2.75, 3.05) is 36.6 Å². The second-order valence-electron chi connectivity index (χ2n) is 9.46. The Bertz CT molecular complexity index is 1380. The number of carbonyl (C=O) groups excluding carboxylic acids is 1. The number of benzene rings is 1. The summed E-state index contributed by atoms with van der Waals surface area (Å²) < 4.78 is 56.8. The van der Waals surface area contributed by atoms with Crippen molar-refractivity contribution in [2.45, 2.75) is 31.4 Å². The first-order valence-electron chi connectivity index (χ1n) is 12.1. The Morgan fingerprint density at radius 3 is 2.51 bits per heavy atom. The normalized spacial score (nSPS) is 23.5. The Morgan fingerprint density at radius 2 is 1.84 bits per heavy atom. The van der Waals surface area contributed by atoms with E-state index < -0.39 is 33.7 Å². The molecule has 196 valence electrons. The Hall–Kier alpha value is -2.92. The average molecular weight is 548 g/mol. The molecule has 0 unspecified atom stereocenters. The lowest BCUT2D eigenvalue weighted by atomic mass is 9.76. The van der Waals surface area contributed by atoms with E-state index in [0.717, 1.165) is 22.3 Å². The molecule has 7 nitrogen and oxygen atoms in total. The Balaban J connectivity index is 1.53. The largest absolute Gasteiger partial charge is 0.469 e. The van der Waals surface area contributed by atoms with Crippen molar-refractivity contribution >= 4 is 32.8 Å². The summed E-state index contributed by atoms with van der Waals surface area (Å²) >= 11 is 1.37. The molecule has 0 amide bonds. The highest BCUT2D eigenvalue weighted by Gasteiger charge is 2.40. The molecule has 3 atom stereocenters. The van der Waals surface area contributed by atoms with Crippen LogP contribution in [0.15, 0.2) is 42.7 Å².